The van der Waals surface area contributed by atoms with E-state index >= 15 is 0 Å². The number of carbonyl (C=O) groups excluding carboxylic acids is 1. The maximum atomic E-state index is 12.8. The van der Waals surface area contributed by atoms with Crippen molar-refractivity contribution in [2.24, 2.45) is 0 Å². The van der Waals surface area contributed by atoms with Crippen molar-refractivity contribution in [2.45, 2.75) is 50.3 Å². The van der Waals surface area contributed by atoms with Gasteiger partial charge in [-0.25, -0.2) is 18.2 Å². The number of hydrogen-bond donors (Lipinski definition) is 0. The number of aromatic nitrogens is 2. The van der Waals surface area contributed by atoms with Gasteiger partial charge < -0.3 is 9.64 Å². The van der Waals surface area contributed by atoms with E-state index < -0.39 is 27.6 Å². The molecule has 2 aromatic rings. The number of para-hydroxylation sites is 2. The lowest BCUT2D eigenvalue weighted by atomic mass is 10.2. The number of likely N-dealkylation sites (tertiary alicyclic amines) is 1. The van der Waals surface area contributed by atoms with Crippen LogP contribution in [-0.4, -0.2) is 53.3 Å². The molecule has 0 N–H and O–H groups in total. The molecule has 1 amide bonds. The van der Waals surface area contributed by atoms with E-state index in [4.69, 9.17) is 4.74 Å². The first-order valence-electron chi connectivity index (χ1n) is 8.60. The topological polar surface area (TPSA) is 89.5 Å². The van der Waals surface area contributed by atoms with Gasteiger partial charge in [-0.3, -0.25) is 4.98 Å². The predicted octanol–water partition coefficient (Wildman–Crippen LogP) is 2.80. The molecule has 1 aromatic carbocycles. The molecule has 0 saturated carbocycles. The maximum Gasteiger partial charge on any atom is 0.410 e. The zero-order chi connectivity index (χ0) is 18.9. The zero-order valence-corrected chi connectivity index (χ0v) is 16.0. The Hall–Kier alpha value is -2.22. The summed E-state index contributed by atoms with van der Waals surface area (Å²) in [6, 6.07) is 6.70. The highest BCUT2D eigenvalue weighted by molar-refractivity contribution is 7.91. The van der Waals surface area contributed by atoms with Gasteiger partial charge in [0, 0.05) is 12.6 Å². The third kappa shape index (κ3) is 4.12. The molecule has 0 spiro atoms. The Bertz CT molecular complexity index is 921. The SMILES string of the molecule is CC(C)(C)OC(=O)N1CCCC1CS(=O)(=O)c1cnc2ccccc2n1. The Balaban J connectivity index is 1.80. The standard InChI is InChI=1S/C18H23N3O4S/c1-18(2,3)25-17(22)21-10-6-7-13(21)12-26(23,24)16-11-19-14-8-4-5-9-15(14)20-16/h4-5,8-9,11,13H,6-7,10,12H2,1-3H3. The van der Waals surface area contributed by atoms with E-state index in [0.717, 1.165) is 6.42 Å². The van der Waals surface area contributed by atoms with Crippen molar-refractivity contribution >= 4 is 27.0 Å². The first kappa shape index (κ1) is 18.6. The van der Waals surface area contributed by atoms with Gasteiger partial charge in [-0.2, -0.15) is 0 Å². The van der Waals surface area contributed by atoms with Crippen LogP contribution in [0.15, 0.2) is 35.5 Å². The van der Waals surface area contributed by atoms with E-state index in [2.05, 4.69) is 9.97 Å². The maximum absolute atomic E-state index is 12.8. The van der Waals surface area contributed by atoms with E-state index in [0.29, 0.717) is 24.0 Å². The average Bonchev–Trinajstić information content (AvgIpc) is 3.00. The van der Waals surface area contributed by atoms with E-state index in [1.807, 2.05) is 6.07 Å². The van der Waals surface area contributed by atoms with Crippen LogP contribution in [0.5, 0.6) is 0 Å². The molecule has 140 valence electrons. The smallest absolute Gasteiger partial charge is 0.410 e. The molecular formula is C18H23N3O4S. The molecule has 26 heavy (non-hydrogen) atoms. The van der Waals surface area contributed by atoms with Crippen LogP contribution in [-0.2, 0) is 14.6 Å². The summed E-state index contributed by atoms with van der Waals surface area (Å²) in [5, 5.41) is -0.0627. The Labute approximate surface area is 153 Å². The molecule has 7 nitrogen and oxygen atoms in total. The van der Waals surface area contributed by atoms with Gasteiger partial charge in [0.2, 0.25) is 0 Å². The number of hydrogen-bond acceptors (Lipinski definition) is 6. The molecule has 0 bridgehead atoms. The molecule has 8 heteroatoms. The van der Waals surface area contributed by atoms with E-state index in [-0.39, 0.29) is 10.8 Å². The Morgan fingerprint density at radius 3 is 2.65 bits per heavy atom. The lowest BCUT2D eigenvalue weighted by Crippen LogP contribution is -2.42. The summed E-state index contributed by atoms with van der Waals surface area (Å²) in [6.45, 7) is 5.87. The summed E-state index contributed by atoms with van der Waals surface area (Å²) in [5.74, 6) is -0.181. The van der Waals surface area contributed by atoms with E-state index in [1.54, 1.807) is 39.0 Å². The molecule has 1 saturated heterocycles. The van der Waals surface area contributed by atoms with E-state index in [1.165, 1.54) is 11.1 Å². The van der Waals surface area contributed by atoms with Gasteiger partial charge in [0.1, 0.15) is 5.60 Å². The highest BCUT2D eigenvalue weighted by Crippen LogP contribution is 2.24. The number of carbonyl (C=O) groups is 1. The largest absolute Gasteiger partial charge is 0.444 e. The fraction of sp³-hybridized carbons (Fsp3) is 0.500. The Morgan fingerprint density at radius 1 is 1.27 bits per heavy atom. The second-order valence-corrected chi connectivity index (χ2v) is 9.43. The molecule has 3 rings (SSSR count). The molecule has 1 aromatic heterocycles. The normalized spacial score (nSPS) is 18.3. The highest BCUT2D eigenvalue weighted by Gasteiger charge is 2.36. The van der Waals surface area contributed by atoms with Gasteiger partial charge in [-0.15, -0.1) is 0 Å². The molecule has 1 fully saturated rings. The van der Waals surface area contributed by atoms with Crippen LogP contribution < -0.4 is 0 Å². The van der Waals surface area contributed by atoms with Crippen molar-refractivity contribution in [2.75, 3.05) is 12.3 Å². The fourth-order valence-electron chi connectivity index (χ4n) is 3.00. The third-order valence-corrected chi connectivity index (χ3v) is 5.82. The number of rotatable bonds is 3. The van der Waals surface area contributed by atoms with Crippen LogP contribution in [0, 0.1) is 0 Å². The van der Waals surface area contributed by atoms with Crippen molar-refractivity contribution < 1.29 is 17.9 Å². The van der Waals surface area contributed by atoms with Crippen molar-refractivity contribution in [1.29, 1.82) is 0 Å². The van der Waals surface area contributed by atoms with Crippen LogP contribution >= 0.6 is 0 Å². The summed E-state index contributed by atoms with van der Waals surface area (Å²) in [7, 11) is -3.67. The van der Waals surface area contributed by atoms with Gasteiger partial charge >= 0.3 is 6.09 Å². The quantitative estimate of drug-likeness (QED) is 0.817. The fourth-order valence-corrected chi connectivity index (χ4v) is 4.47. The number of benzene rings is 1. The molecular weight excluding hydrogens is 354 g/mol. The minimum absolute atomic E-state index is 0.0627. The summed E-state index contributed by atoms with van der Waals surface area (Å²) in [4.78, 5) is 22.3. The second-order valence-electron chi connectivity index (χ2n) is 7.45. The first-order chi connectivity index (χ1) is 12.2. The third-order valence-electron chi connectivity index (χ3n) is 4.16. The molecule has 0 aliphatic carbocycles. The molecule has 1 unspecified atom stereocenters. The first-order valence-corrected chi connectivity index (χ1v) is 10.3. The second kappa shape index (κ2) is 6.83. The van der Waals surface area contributed by atoms with Crippen LogP contribution in [0.2, 0.25) is 0 Å². The molecule has 1 atom stereocenters. The van der Waals surface area contributed by atoms with Crippen molar-refractivity contribution in [3.63, 3.8) is 0 Å². The monoisotopic (exact) mass is 377 g/mol. The Morgan fingerprint density at radius 2 is 1.96 bits per heavy atom. The summed E-state index contributed by atoms with van der Waals surface area (Å²) < 4.78 is 31.0. The van der Waals surface area contributed by atoms with Crippen LogP contribution in [0.25, 0.3) is 11.0 Å². The highest BCUT2D eigenvalue weighted by atomic mass is 32.2. The average molecular weight is 377 g/mol. The van der Waals surface area contributed by atoms with Crippen molar-refractivity contribution in [3.05, 3.63) is 30.5 Å². The van der Waals surface area contributed by atoms with Gasteiger partial charge in [0.15, 0.2) is 14.9 Å². The number of nitrogens with zero attached hydrogens (tertiary/aromatic N) is 3. The summed E-state index contributed by atoms with van der Waals surface area (Å²) >= 11 is 0. The Kier molecular flexibility index (Phi) is 4.88. The van der Waals surface area contributed by atoms with Crippen molar-refractivity contribution in [3.8, 4) is 0 Å². The summed E-state index contributed by atoms with van der Waals surface area (Å²) in [6.07, 6.45) is 2.19. The van der Waals surface area contributed by atoms with E-state index in [9.17, 15) is 13.2 Å². The van der Waals surface area contributed by atoms with Gasteiger partial charge in [0.25, 0.3) is 0 Å². The number of sulfone groups is 1. The summed E-state index contributed by atoms with van der Waals surface area (Å²) in [5.41, 5.74) is 0.555. The van der Waals surface area contributed by atoms with Crippen LogP contribution in [0.1, 0.15) is 33.6 Å². The molecule has 1 aliphatic heterocycles. The van der Waals surface area contributed by atoms with Gasteiger partial charge in [0.05, 0.1) is 23.0 Å². The number of ether oxygens (including phenoxy) is 1. The molecule has 0 radical (unpaired) electrons. The predicted molar refractivity (Wildman–Crippen MR) is 97.6 cm³/mol. The van der Waals surface area contributed by atoms with Crippen LogP contribution in [0.4, 0.5) is 4.79 Å². The number of fused-ring (bicyclic) bond motifs is 1. The zero-order valence-electron chi connectivity index (χ0n) is 15.2. The van der Waals surface area contributed by atoms with Gasteiger partial charge in [-0.05, 0) is 45.7 Å². The van der Waals surface area contributed by atoms with Crippen LogP contribution in [0.3, 0.4) is 0 Å². The minimum atomic E-state index is -3.67. The number of amides is 1. The minimum Gasteiger partial charge on any atom is -0.444 e. The lowest BCUT2D eigenvalue weighted by Gasteiger charge is -2.28. The lowest BCUT2D eigenvalue weighted by molar-refractivity contribution is 0.0241. The molecule has 1 aliphatic rings. The van der Waals surface area contributed by atoms with Crippen molar-refractivity contribution in [1.82, 2.24) is 14.9 Å². The van der Waals surface area contributed by atoms with Gasteiger partial charge in [-0.1, -0.05) is 12.1 Å². The molecule has 2 heterocycles.